The summed E-state index contributed by atoms with van der Waals surface area (Å²) in [6, 6.07) is 7.48. The van der Waals surface area contributed by atoms with Crippen molar-refractivity contribution in [1.82, 2.24) is 16.0 Å². The van der Waals surface area contributed by atoms with Crippen LogP contribution in [0.15, 0.2) is 29.3 Å². The van der Waals surface area contributed by atoms with Crippen molar-refractivity contribution in [2.45, 2.75) is 38.8 Å². The molecule has 1 heterocycles. The number of aliphatic imine (C=N–C) groups is 1. The Balaban J connectivity index is 1.68. The molecule has 1 amide bonds. The van der Waals surface area contributed by atoms with E-state index in [2.05, 4.69) is 20.9 Å². The van der Waals surface area contributed by atoms with E-state index in [0.29, 0.717) is 25.3 Å². The molecule has 1 aliphatic heterocycles. The molecule has 27 heavy (non-hydrogen) atoms. The Hall–Kier alpha value is -2.12. The second-order valence-corrected chi connectivity index (χ2v) is 6.46. The Morgan fingerprint density at radius 3 is 2.78 bits per heavy atom. The van der Waals surface area contributed by atoms with Crippen LogP contribution >= 0.6 is 0 Å². The number of nitrogens with one attached hydrogen (secondary N) is 3. The third-order valence-electron chi connectivity index (χ3n) is 4.29. The minimum atomic E-state index is -0.0817. The van der Waals surface area contributed by atoms with Gasteiger partial charge in [0.05, 0.1) is 19.3 Å². The Bertz CT molecular complexity index is 583. The van der Waals surface area contributed by atoms with Crippen LogP contribution in [0, 0.1) is 0 Å². The Morgan fingerprint density at radius 2 is 2.11 bits per heavy atom. The number of rotatable bonds is 10. The monoisotopic (exact) mass is 376 g/mol. The summed E-state index contributed by atoms with van der Waals surface area (Å²) in [6.45, 7) is 6.48. The summed E-state index contributed by atoms with van der Waals surface area (Å²) in [5, 5.41) is 9.18. The van der Waals surface area contributed by atoms with E-state index in [4.69, 9.17) is 9.47 Å². The first kappa shape index (κ1) is 21.2. The van der Waals surface area contributed by atoms with Crippen molar-refractivity contribution in [3.63, 3.8) is 0 Å². The van der Waals surface area contributed by atoms with E-state index < -0.39 is 0 Å². The lowest BCUT2D eigenvalue weighted by molar-refractivity contribution is 0.0168. The van der Waals surface area contributed by atoms with Crippen molar-refractivity contribution < 1.29 is 14.3 Å². The first-order valence-electron chi connectivity index (χ1n) is 9.75. The van der Waals surface area contributed by atoms with E-state index in [1.165, 1.54) is 0 Å². The van der Waals surface area contributed by atoms with Crippen molar-refractivity contribution in [2.24, 2.45) is 4.99 Å². The average Bonchev–Trinajstić information content (AvgIpc) is 3.22. The number of benzene rings is 1. The maximum absolute atomic E-state index is 11.6. The molecule has 2 rings (SSSR count). The zero-order valence-corrected chi connectivity index (χ0v) is 16.4. The lowest BCUT2D eigenvalue weighted by Crippen LogP contribution is -2.38. The summed E-state index contributed by atoms with van der Waals surface area (Å²) in [7, 11) is 1.63. The van der Waals surface area contributed by atoms with Crippen LogP contribution in [0.3, 0.4) is 0 Å². The van der Waals surface area contributed by atoms with Crippen LogP contribution in [0.2, 0.25) is 0 Å². The molecule has 1 unspecified atom stereocenters. The van der Waals surface area contributed by atoms with E-state index in [9.17, 15) is 4.79 Å². The standard InChI is InChI=1S/C20H32N4O3/c1-3-22-20(23-11-5-12-26-15-18-6-4-13-27-18)24-14-16-7-9-17(10-8-16)19(25)21-2/h7-10,18H,3-6,11-15H2,1-2H3,(H,21,25)(H2,22,23,24). The average molecular weight is 377 g/mol. The van der Waals surface area contributed by atoms with Crippen LogP contribution in [0.5, 0.6) is 0 Å². The maximum atomic E-state index is 11.6. The molecule has 150 valence electrons. The largest absolute Gasteiger partial charge is 0.379 e. The molecule has 7 nitrogen and oxygen atoms in total. The molecule has 3 N–H and O–H groups in total. The number of amides is 1. The highest BCUT2D eigenvalue weighted by Crippen LogP contribution is 2.11. The second-order valence-electron chi connectivity index (χ2n) is 6.46. The van der Waals surface area contributed by atoms with Gasteiger partial charge in [-0.05, 0) is 43.9 Å². The fourth-order valence-electron chi connectivity index (χ4n) is 2.79. The van der Waals surface area contributed by atoms with Gasteiger partial charge in [0.25, 0.3) is 5.91 Å². The third-order valence-corrected chi connectivity index (χ3v) is 4.29. The molecule has 7 heteroatoms. The van der Waals surface area contributed by atoms with E-state index in [1.54, 1.807) is 7.05 Å². The number of carbonyl (C=O) groups excluding carboxylic acids is 1. The number of hydrogen-bond acceptors (Lipinski definition) is 4. The maximum Gasteiger partial charge on any atom is 0.251 e. The van der Waals surface area contributed by atoms with Crippen LogP contribution < -0.4 is 16.0 Å². The zero-order chi connectivity index (χ0) is 19.3. The fraction of sp³-hybridized carbons (Fsp3) is 0.600. The fourth-order valence-corrected chi connectivity index (χ4v) is 2.79. The molecule has 0 aliphatic carbocycles. The van der Waals surface area contributed by atoms with Crippen molar-refractivity contribution in [3.8, 4) is 0 Å². The van der Waals surface area contributed by atoms with Crippen molar-refractivity contribution in [2.75, 3.05) is 40.0 Å². The first-order chi connectivity index (χ1) is 13.2. The van der Waals surface area contributed by atoms with Crippen LogP contribution in [0.4, 0.5) is 0 Å². The predicted octanol–water partition coefficient (Wildman–Crippen LogP) is 1.69. The van der Waals surface area contributed by atoms with Gasteiger partial charge < -0.3 is 25.4 Å². The molecule has 0 spiro atoms. The Labute approximate surface area is 161 Å². The Kier molecular flexibility index (Phi) is 9.65. The summed E-state index contributed by atoms with van der Waals surface area (Å²) < 4.78 is 11.2. The lowest BCUT2D eigenvalue weighted by atomic mass is 10.1. The topological polar surface area (TPSA) is 84.0 Å². The summed E-state index contributed by atoms with van der Waals surface area (Å²) in [6.07, 6.45) is 3.45. The smallest absolute Gasteiger partial charge is 0.251 e. The van der Waals surface area contributed by atoms with Crippen LogP contribution in [-0.4, -0.2) is 57.9 Å². The van der Waals surface area contributed by atoms with Gasteiger partial charge >= 0.3 is 0 Å². The third kappa shape index (κ3) is 7.97. The minimum Gasteiger partial charge on any atom is -0.379 e. The van der Waals surface area contributed by atoms with Crippen molar-refractivity contribution >= 4 is 11.9 Å². The summed E-state index contributed by atoms with van der Waals surface area (Å²) in [5.41, 5.74) is 1.71. The SMILES string of the molecule is CCNC(=NCc1ccc(C(=O)NC)cc1)NCCCOCC1CCCO1. The van der Waals surface area contributed by atoms with Gasteiger partial charge in [-0.1, -0.05) is 12.1 Å². The lowest BCUT2D eigenvalue weighted by Gasteiger charge is -2.12. The van der Waals surface area contributed by atoms with Gasteiger partial charge in [-0.25, -0.2) is 4.99 Å². The Morgan fingerprint density at radius 1 is 1.30 bits per heavy atom. The van der Waals surface area contributed by atoms with E-state index in [1.807, 2.05) is 31.2 Å². The van der Waals surface area contributed by atoms with Crippen molar-refractivity contribution in [1.29, 1.82) is 0 Å². The predicted molar refractivity (Wildman–Crippen MR) is 107 cm³/mol. The molecule has 0 aromatic heterocycles. The van der Waals surface area contributed by atoms with E-state index in [-0.39, 0.29) is 12.0 Å². The molecule has 1 aliphatic rings. The number of carbonyl (C=O) groups is 1. The molecular formula is C20H32N4O3. The number of ether oxygens (including phenoxy) is 2. The first-order valence-corrected chi connectivity index (χ1v) is 9.75. The number of hydrogen-bond donors (Lipinski definition) is 3. The summed E-state index contributed by atoms with van der Waals surface area (Å²) >= 11 is 0. The quantitative estimate of drug-likeness (QED) is 0.329. The molecule has 0 saturated carbocycles. The molecular weight excluding hydrogens is 344 g/mol. The molecule has 1 atom stereocenters. The molecule has 0 radical (unpaired) electrons. The van der Waals surface area contributed by atoms with Gasteiger partial charge in [0.15, 0.2) is 5.96 Å². The highest BCUT2D eigenvalue weighted by Gasteiger charge is 2.14. The molecule has 1 aromatic rings. The molecule has 1 fully saturated rings. The molecule has 1 aromatic carbocycles. The molecule has 0 bridgehead atoms. The van der Waals surface area contributed by atoms with Gasteiger partial charge in [0, 0.05) is 38.9 Å². The minimum absolute atomic E-state index is 0.0817. The van der Waals surface area contributed by atoms with Gasteiger partial charge in [-0.15, -0.1) is 0 Å². The van der Waals surface area contributed by atoms with Crippen LogP contribution in [0.25, 0.3) is 0 Å². The van der Waals surface area contributed by atoms with E-state index >= 15 is 0 Å². The highest BCUT2D eigenvalue weighted by atomic mass is 16.5. The van der Waals surface area contributed by atoms with Crippen molar-refractivity contribution in [3.05, 3.63) is 35.4 Å². The summed E-state index contributed by atoms with van der Waals surface area (Å²) in [4.78, 5) is 16.2. The van der Waals surface area contributed by atoms with Gasteiger partial charge in [0.2, 0.25) is 0 Å². The zero-order valence-electron chi connectivity index (χ0n) is 16.4. The second kappa shape index (κ2) is 12.3. The summed E-state index contributed by atoms with van der Waals surface area (Å²) in [5.74, 6) is 0.703. The molecule has 1 saturated heterocycles. The highest BCUT2D eigenvalue weighted by molar-refractivity contribution is 5.93. The van der Waals surface area contributed by atoms with Gasteiger partial charge in [0.1, 0.15) is 0 Å². The van der Waals surface area contributed by atoms with Crippen LogP contribution in [-0.2, 0) is 16.0 Å². The normalized spacial score (nSPS) is 17.0. The van der Waals surface area contributed by atoms with Crippen LogP contribution in [0.1, 0.15) is 42.1 Å². The number of nitrogens with zero attached hydrogens (tertiary/aromatic N) is 1. The number of guanidine groups is 1. The van der Waals surface area contributed by atoms with E-state index in [0.717, 1.165) is 50.5 Å². The van der Waals surface area contributed by atoms with Gasteiger partial charge in [-0.3, -0.25) is 4.79 Å². The van der Waals surface area contributed by atoms with Gasteiger partial charge in [-0.2, -0.15) is 0 Å².